The third-order valence-corrected chi connectivity index (χ3v) is 6.02. The molecule has 1 heteroatoms. The molecule has 0 aromatic heterocycles. The highest BCUT2D eigenvalue weighted by Gasteiger charge is 2.15. The average Bonchev–Trinajstić information content (AvgIpc) is 2.77. The maximum Gasteiger partial charge on any atom is 0.119 e. The summed E-state index contributed by atoms with van der Waals surface area (Å²) in [5.41, 5.74) is 4.07. The van der Waals surface area contributed by atoms with Crippen molar-refractivity contribution in [3.8, 4) is 16.9 Å². The van der Waals surface area contributed by atoms with Gasteiger partial charge in [0.25, 0.3) is 0 Å². The minimum Gasteiger partial charge on any atom is -0.494 e. The van der Waals surface area contributed by atoms with Gasteiger partial charge in [0.05, 0.1) is 6.61 Å². The van der Waals surface area contributed by atoms with Crippen LogP contribution in [0.1, 0.15) is 89.0 Å². The summed E-state index contributed by atoms with van der Waals surface area (Å²) in [5, 5.41) is 0. The largest absolute Gasteiger partial charge is 0.494 e. The van der Waals surface area contributed by atoms with Crippen molar-refractivity contribution < 1.29 is 4.74 Å². The average molecular weight is 378 g/mol. The first-order valence-corrected chi connectivity index (χ1v) is 11.5. The van der Waals surface area contributed by atoms with Gasteiger partial charge in [-0.15, -0.1) is 0 Å². The summed E-state index contributed by atoms with van der Waals surface area (Å²) in [6.07, 6.45) is 16.8. The third-order valence-electron chi connectivity index (χ3n) is 6.02. The zero-order valence-electron chi connectivity index (χ0n) is 17.7. The van der Waals surface area contributed by atoms with Crippen LogP contribution >= 0.6 is 0 Å². The van der Waals surface area contributed by atoms with E-state index in [0.29, 0.717) is 0 Å². The highest BCUT2D eigenvalue weighted by Crippen LogP contribution is 2.33. The standard InChI is InChI=1S/C27H37O/c1-2-3-4-5-6-7-11-22-28-27-20-18-26(19-21-27)25-16-14-24(15-17-25)23-12-9-8-10-13-23/h8,14-21,23H,2-7,9-13,22H2,1H3. The molecule has 0 spiro atoms. The van der Waals surface area contributed by atoms with Gasteiger partial charge in [-0.25, -0.2) is 0 Å². The first-order chi connectivity index (χ1) is 13.9. The molecule has 1 radical (unpaired) electrons. The summed E-state index contributed by atoms with van der Waals surface area (Å²) in [6, 6.07) is 17.8. The van der Waals surface area contributed by atoms with E-state index in [1.807, 2.05) is 0 Å². The summed E-state index contributed by atoms with van der Waals surface area (Å²) >= 11 is 0. The van der Waals surface area contributed by atoms with Crippen molar-refractivity contribution in [2.45, 2.75) is 83.5 Å². The molecule has 0 saturated heterocycles. The van der Waals surface area contributed by atoms with Crippen LogP contribution < -0.4 is 4.74 Å². The molecule has 1 aliphatic rings. The molecule has 0 atom stereocenters. The summed E-state index contributed by atoms with van der Waals surface area (Å²) in [5.74, 6) is 1.74. The Morgan fingerprint density at radius 3 is 1.93 bits per heavy atom. The van der Waals surface area contributed by atoms with E-state index in [4.69, 9.17) is 4.74 Å². The molecule has 0 amide bonds. The Balaban J connectivity index is 1.41. The quantitative estimate of drug-likeness (QED) is 0.357. The fourth-order valence-electron chi connectivity index (χ4n) is 4.20. The van der Waals surface area contributed by atoms with Crippen molar-refractivity contribution in [3.05, 3.63) is 60.5 Å². The first-order valence-electron chi connectivity index (χ1n) is 11.5. The van der Waals surface area contributed by atoms with Crippen molar-refractivity contribution in [2.24, 2.45) is 0 Å². The molecule has 1 nitrogen and oxygen atoms in total. The fourth-order valence-corrected chi connectivity index (χ4v) is 4.20. The van der Waals surface area contributed by atoms with Crippen LogP contribution in [0.5, 0.6) is 5.75 Å². The molecular formula is C27H37O. The second-order valence-corrected chi connectivity index (χ2v) is 8.26. The van der Waals surface area contributed by atoms with Crippen LogP contribution in [-0.2, 0) is 0 Å². The van der Waals surface area contributed by atoms with E-state index in [-0.39, 0.29) is 0 Å². The predicted molar refractivity (Wildman–Crippen MR) is 121 cm³/mol. The molecule has 28 heavy (non-hydrogen) atoms. The van der Waals surface area contributed by atoms with Gasteiger partial charge in [0, 0.05) is 0 Å². The Hall–Kier alpha value is -1.76. The molecule has 0 N–H and O–H groups in total. The van der Waals surface area contributed by atoms with Gasteiger partial charge in [0.15, 0.2) is 0 Å². The monoisotopic (exact) mass is 377 g/mol. The Kier molecular flexibility index (Phi) is 8.94. The van der Waals surface area contributed by atoms with Gasteiger partial charge in [-0.05, 0) is 73.3 Å². The summed E-state index contributed by atoms with van der Waals surface area (Å²) in [7, 11) is 0. The molecule has 1 saturated carbocycles. The molecule has 2 aromatic carbocycles. The lowest BCUT2D eigenvalue weighted by Crippen LogP contribution is -2.04. The molecule has 3 rings (SSSR count). The molecule has 1 fully saturated rings. The first kappa shape index (κ1) is 21.0. The Morgan fingerprint density at radius 2 is 1.29 bits per heavy atom. The van der Waals surface area contributed by atoms with Gasteiger partial charge in [-0.3, -0.25) is 0 Å². The van der Waals surface area contributed by atoms with Crippen molar-refractivity contribution in [2.75, 3.05) is 6.61 Å². The molecule has 0 bridgehead atoms. The topological polar surface area (TPSA) is 9.23 Å². The van der Waals surface area contributed by atoms with E-state index in [1.165, 1.54) is 80.9 Å². The lowest BCUT2D eigenvalue weighted by molar-refractivity contribution is 0.304. The second-order valence-electron chi connectivity index (χ2n) is 8.26. The number of unbranched alkanes of at least 4 members (excludes halogenated alkanes) is 6. The van der Waals surface area contributed by atoms with Crippen LogP contribution in [0.3, 0.4) is 0 Å². The second kappa shape index (κ2) is 11.9. The van der Waals surface area contributed by atoms with Crippen LogP contribution in [0.4, 0.5) is 0 Å². The number of rotatable bonds is 11. The smallest absolute Gasteiger partial charge is 0.119 e. The molecule has 0 unspecified atom stereocenters. The summed E-state index contributed by atoms with van der Waals surface area (Å²) in [4.78, 5) is 0. The highest BCUT2D eigenvalue weighted by molar-refractivity contribution is 5.64. The number of hydrogen-bond donors (Lipinski definition) is 0. The van der Waals surface area contributed by atoms with Crippen LogP contribution in [0.25, 0.3) is 11.1 Å². The van der Waals surface area contributed by atoms with Gasteiger partial charge in [0.2, 0.25) is 0 Å². The summed E-state index contributed by atoms with van der Waals surface area (Å²) < 4.78 is 5.92. The molecule has 1 aliphatic carbocycles. The third kappa shape index (κ3) is 6.69. The van der Waals surface area contributed by atoms with Crippen molar-refractivity contribution >= 4 is 0 Å². The van der Waals surface area contributed by atoms with E-state index in [1.54, 1.807) is 0 Å². The van der Waals surface area contributed by atoms with Crippen LogP contribution in [0, 0.1) is 6.42 Å². The maximum atomic E-state index is 5.92. The Morgan fingerprint density at radius 1 is 0.714 bits per heavy atom. The molecule has 0 aliphatic heterocycles. The highest BCUT2D eigenvalue weighted by atomic mass is 16.5. The molecular weight excluding hydrogens is 340 g/mol. The van der Waals surface area contributed by atoms with Crippen LogP contribution in [0.2, 0.25) is 0 Å². The van der Waals surface area contributed by atoms with Gasteiger partial charge >= 0.3 is 0 Å². The van der Waals surface area contributed by atoms with E-state index in [0.717, 1.165) is 24.7 Å². The molecule has 0 heterocycles. The van der Waals surface area contributed by atoms with E-state index in [9.17, 15) is 0 Å². The molecule has 151 valence electrons. The van der Waals surface area contributed by atoms with Crippen LogP contribution in [-0.4, -0.2) is 6.61 Å². The zero-order valence-corrected chi connectivity index (χ0v) is 17.7. The minimum atomic E-state index is 0.751. The Bertz CT molecular complexity index is 650. The maximum absolute atomic E-state index is 5.92. The van der Waals surface area contributed by atoms with Crippen molar-refractivity contribution in [1.29, 1.82) is 0 Å². The van der Waals surface area contributed by atoms with Crippen LogP contribution in [0.15, 0.2) is 48.5 Å². The van der Waals surface area contributed by atoms with Crippen molar-refractivity contribution in [1.82, 2.24) is 0 Å². The predicted octanol–water partition coefficient (Wildman–Crippen LogP) is 8.34. The Labute approximate surface area is 172 Å². The van der Waals surface area contributed by atoms with E-state index >= 15 is 0 Å². The van der Waals surface area contributed by atoms with E-state index in [2.05, 4.69) is 61.9 Å². The van der Waals surface area contributed by atoms with Crippen molar-refractivity contribution in [3.63, 3.8) is 0 Å². The molecule has 2 aromatic rings. The van der Waals surface area contributed by atoms with Gasteiger partial charge in [0.1, 0.15) is 5.75 Å². The zero-order chi connectivity index (χ0) is 19.4. The van der Waals surface area contributed by atoms with E-state index < -0.39 is 0 Å². The number of ether oxygens (including phenoxy) is 1. The lowest BCUT2D eigenvalue weighted by atomic mass is 9.84. The van der Waals surface area contributed by atoms with Gasteiger partial charge in [-0.2, -0.15) is 0 Å². The lowest BCUT2D eigenvalue weighted by Gasteiger charge is -2.22. The summed E-state index contributed by atoms with van der Waals surface area (Å²) in [6.45, 7) is 3.10. The van der Waals surface area contributed by atoms with Gasteiger partial charge < -0.3 is 4.74 Å². The number of benzene rings is 2. The SMILES string of the molecule is CCCCCCCCCOc1ccc(-c2ccc(C3CC[CH]CC3)cc2)cc1. The fraction of sp³-hybridized carbons (Fsp3) is 0.519. The minimum absolute atomic E-state index is 0.751. The van der Waals surface area contributed by atoms with Gasteiger partial charge in [-0.1, -0.05) is 81.8 Å². The normalized spacial score (nSPS) is 14.9. The number of hydrogen-bond acceptors (Lipinski definition) is 1.